The lowest BCUT2D eigenvalue weighted by Crippen LogP contribution is -2.17. The molecule has 0 aliphatic carbocycles. The van der Waals surface area contributed by atoms with Crippen molar-refractivity contribution < 1.29 is 4.39 Å². The van der Waals surface area contributed by atoms with Gasteiger partial charge in [0, 0.05) is 18.0 Å². The average Bonchev–Trinajstić information content (AvgIpc) is 2.69. The maximum atomic E-state index is 13.3. The van der Waals surface area contributed by atoms with Gasteiger partial charge in [-0.15, -0.1) is 11.3 Å². The van der Waals surface area contributed by atoms with E-state index in [4.69, 9.17) is 17.3 Å². The molecule has 0 atom stereocenters. The quantitative estimate of drug-likeness (QED) is 0.825. The number of nitrogens with two attached hydrogens (primary N) is 1. The Morgan fingerprint density at radius 2 is 2.17 bits per heavy atom. The van der Waals surface area contributed by atoms with Gasteiger partial charge in [0.1, 0.15) is 5.82 Å². The fourth-order valence-electron chi connectivity index (χ4n) is 1.64. The van der Waals surface area contributed by atoms with Crippen LogP contribution in [-0.2, 0) is 6.54 Å². The number of halogens is 3. The van der Waals surface area contributed by atoms with Crippen molar-refractivity contribution in [2.75, 3.05) is 17.7 Å². The summed E-state index contributed by atoms with van der Waals surface area (Å²) in [4.78, 5) is 3.09. The highest BCUT2D eigenvalue weighted by Gasteiger charge is 2.11. The molecule has 1 aromatic carbocycles. The van der Waals surface area contributed by atoms with Gasteiger partial charge in [-0.25, -0.2) is 4.39 Å². The fraction of sp³-hybridized carbons (Fsp3) is 0.167. The molecule has 0 bridgehead atoms. The van der Waals surface area contributed by atoms with E-state index in [1.54, 1.807) is 6.07 Å². The summed E-state index contributed by atoms with van der Waals surface area (Å²) in [6.45, 7) is 0.680. The van der Waals surface area contributed by atoms with Crippen LogP contribution < -0.4 is 10.6 Å². The number of anilines is 2. The van der Waals surface area contributed by atoms with E-state index in [2.05, 4.69) is 15.9 Å². The number of nitrogens with zero attached hydrogens (tertiary/aromatic N) is 1. The van der Waals surface area contributed by atoms with Crippen LogP contribution in [0.1, 0.15) is 4.88 Å². The number of nitrogen functional groups attached to an aromatic ring is 1. The van der Waals surface area contributed by atoms with Crippen molar-refractivity contribution in [2.45, 2.75) is 6.54 Å². The van der Waals surface area contributed by atoms with Crippen LogP contribution in [-0.4, -0.2) is 7.05 Å². The lowest BCUT2D eigenvalue weighted by molar-refractivity contribution is 0.621. The third-order valence-electron chi connectivity index (χ3n) is 2.50. The lowest BCUT2D eigenvalue weighted by atomic mass is 10.2. The van der Waals surface area contributed by atoms with Crippen LogP contribution in [0, 0.1) is 5.82 Å². The normalized spacial score (nSPS) is 10.7. The van der Waals surface area contributed by atoms with Gasteiger partial charge >= 0.3 is 0 Å². The Labute approximate surface area is 122 Å². The minimum absolute atomic E-state index is 0.358. The smallest absolute Gasteiger partial charge is 0.139 e. The molecule has 2 rings (SSSR count). The van der Waals surface area contributed by atoms with E-state index in [9.17, 15) is 4.39 Å². The highest BCUT2D eigenvalue weighted by atomic mass is 79.9. The van der Waals surface area contributed by atoms with E-state index in [0.717, 1.165) is 14.9 Å². The summed E-state index contributed by atoms with van der Waals surface area (Å²) in [5, 5.41) is 0. The van der Waals surface area contributed by atoms with Gasteiger partial charge in [-0.3, -0.25) is 0 Å². The van der Waals surface area contributed by atoms with Crippen LogP contribution in [0.15, 0.2) is 28.7 Å². The molecule has 0 fully saturated rings. The molecule has 6 heteroatoms. The molecule has 0 radical (unpaired) electrons. The van der Waals surface area contributed by atoms with E-state index in [1.165, 1.54) is 17.4 Å². The van der Waals surface area contributed by atoms with Crippen molar-refractivity contribution in [1.82, 2.24) is 0 Å². The molecule has 2 nitrogen and oxygen atoms in total. The van der Waals surface area contributed by atoms with Crippen LogP contribution in [0.2, 0.25) is 4.34 Å². The van der Waals surface area contributed by atoms with Crippen LogP contribution >= 0.6 is 38.9 Å². The zero-order valence-electron chi connectivity index (χ0n) is 9.58. The Kier molecular flexibility index (Phi) is 4.14. The molecule has 0 aliphatic heterocycles. The Morgan fingerprint density at radius 3 is 2.78 bits per heavy atom. The van der Waals surface area contributed by atoms with Crippen LogP contribution in [0.5, 0.6) is 0 Å². The second-order valence-corrected chi connectivity index (χ2v) is 6.54. The largest absolute Gasteiger partial charge is 0.397 e. The SMILES string of the molecule is CN(Cc1ccc(Cl)s1)c1cc(Br)c(F)cc1N. The summed E-state index contributed by atoms with van der Waals surface area (Å²) in [6, 6.07) is 6.83. The summed E-state index contributed by atoms with van der Waals surface area (Å²) in [6.07, 6.45) is 0. The minimum atomic E-state index is -0.358. The van der Waals surface area contributed by atoms with Gasteiger partial charge < -0.3 is 10.6 Å². The van der Waals surface area contributed by atoms with E-state index < -0.39 is 0 Å². The second kappa shape index (κ2) is 5.47. The summed E-state index contributed by atoms with van der Waals surface area (Å²) in [7, 11) is 1.91. The maximum Gasteiger partial charge on any atom is 0.139 e. The van der Waals surface area contributed by atoms with Crippen molar-refractivity contribution in [1.29, 1.82) is 0 Å². The first-order chi connectivity index (χ1) is 8.47. The number of rotatable bonds is 3. The molecule has 0 aliphatic rings. The molecular formula is C12H11BrClFN2S. The monoisotopic (exact) mass is 348 g/mol. The standard InChI is InChI=1S/C12H11BrClFN2S/c1-17(6-7-2-3-12(14)18-7)11-4-8(13)9(15)5-10(11)16/h2-5H,6,16H2,1H3. The second-order valence-electron chi connectivity index (χ2n) is 3.89. The van der Waals surface area contributed by atoms with E-state index >= 15 is 0 Å². The number of thiophene rings is 1. The maximum absolute atomic E-state index is 13.3. The molecule has 1 aromatic heterocycles. The topological polar surface area (TPSA) is 29.3 Å². The molecule has 2 N–H and O–H groups in total. The van der Waals surface area contributed by atoms with Gasteiger partial charge in [-0.2, -0.15) is 0 Å². The predicted molar refractivity (Wildman–Crippen MR) is 79.9 cm³/mol. The first-order valence-electron chi connectivity index (χ1n) is 5.17. The fourth-order valence-corrected chi connectivity index (χ4v) is 3.11. The molecule has 18 heavy (non-hydrogen) atoms. The zero-order valence-corrected chi connectivity index (χ0v) is 12.7. The molecule has 0 saturated carbocycles. The predicted octanol–water partition coefficient (Wildman–Crippen LogP) is 4.52. The molecule has 96 valence electrons. The van der Waals surface area contributed by atoms with Crippen molar-refractivity contribution in [3.8, 4) is 0 Å². The Morgan fingerprint density at radius 1 is 1.44 bits per heavy atom. The van der Waals surface area contributed by atoms with Gasteiger partial charge in [0.25, 0.3) is 0 Å². The summed E-state index contributed by atoms with van der Waals surface area (Å²) < 4.78 is 14.5. The van der Waals surface area contributed by atoms with Crippen molar-refractivity contribution in [3.63, 3.8) is 0 Å². The number of hydrogen-bond acceptors (Lipinski definition) is 3. The lowest BCUT2D eigenvalue weighted by Gasteiger charge is -2.20. The third kappa shape index (κ3) is 2.96. The molecule has 0 saturated heterocycles. The van der Waals surface area contributed by atoms with Crippen molar-refractivity contribution in [3.05, 3.63) is 43.8 Å². The summed E-state index contributed by atoms with van der Waals surface area (Å²) in [5.74, 6) is -0.358. The van der Waals surface area contributed by atoms with Crippen molar-refractivity contribution in [2.24, 2.45) is 0 Å². The highest BCUT2D eigenvalue weighted by molar-refractivity contribution is 9.10. The van der Waals surface area contributed by atoms with Crippen LogP contribution in [0.4, 0.5) is 15.8 Å². The number of hydrogen-bond donors (Lipinski definition) is 1. The number of benzene rings is 1. The summed E-state index contributed by atoms with van der Waals surface area (Å²) >= 11 is 10.6. The zero-order chi connectivity index (χ0) is 13.3. The first kappa shape index (κ1) is 13.6. The average molecular weight is 350 g/mol. The third-order valence-corrected chi connectivity index (χ3v) is 4.33. The molecule has 2 aromatic rings. The first-order valence-corrected chi connectivity index (χ1v) is 7.16. The molecule has 1 heterocycles. The molecule has 0 unspecified atom stereocenters. The van der Waals surface area contributed by atoms with Crippen LogP contribution in [0.25, 0.3) is 0 Å². The minimum Gasteiger partial charge on any atom is -0.397 e. The Hall–Kier alpha value is -0.780. The van der Waals surface area contributed by atoms with Gasteiger partial charge in [0.15, 0.2) is 0 Å². The van der Waals surface area contributed by atoms with Crippen molar-refractivity contribution >= 4 is 50.2 Å². The molecule has 0 amide bonds. The van der Waals surface area contributed by atoms with Gasteiger partial charge in [-0.1, -0.05) is 11.6 Å². The van der Waals surface area contributed by atoms with Gasteiger partial charge in [0.2, 0.25) is 0 Å². The highest BCUT2D eigenvalue weighted by Crippen LogP contribution is 2.31. The molecular weight excluding hydrogens is 339 g/mol. The van der Waals surface area contributed by atoms with E-state index in [0.29, 0.717) is 16.7 Å². The van der Waals surface area contributed by atoms with E-state index in [1.807, 2.05) is 24.1 Å². The Bertz CT molecular complexity index is 573. The van der Waals surface area contributed by atoms with Crippen LogP contribution in [0.3, 0.4) is 0 Å². The van der Waals surface area contributed by atoms with E-state index in [-0.39, 0.29) is 5.82 Å². The summed E-state index contributed by atoms with van der Waals surface area (Å²) in [5.41, 5.74) is 7.03. The van der Waals surface area contributed by atoms with Gasteiger partial charge in [0.05, 0.1) is 26.7 Å². The molecule has 0 spiro atoms. The Balaban J connectivity index is 2.23. The van der Waals surface area contributed by atoms with Gasteiger partial charge in [-0.05, 0) is 34.1 Å².